The average molecular weight is 187 g/mol. The van der Waals surface area contributed by atoms with Crippen molar-refractivity contribution in [2.45, 2.75) is 12.5 Å². The summed E-state index contributed by atoms with van der Waals surface area (Å²) in [4.78, 5) is 11.0. The summed E-state index contributed by atoms with van der Waals surface area (Å²) in [6.45, 7) is 3.62. The fourth-order valence-corrected chi connectivity index (χ4v) is 0.601. The molecule has 0 aliphatic heterocycles. The lowest BCUT2D eigenvalue weighted by atomic mass is 10.2. The van der Waals surface area contributed by atoms with E-state index in [2.05, 4.69) is 17.8 Å². The van der Waals surface area contributed by atoms with Gasteiger partial charge in [-0.1, -0.05) is 18.2 Å². The van der Waals surface area contributed by atoms with Crippen LogP contribution in [0.3, 0.4) is 0 Å². The third-order valence-electron chi connectivity index (χ3n) is 1.13. The number of terminal acetylenes is 1. The van der Waals surface area contributed by atoms with Crippen LogP contribution in [0.25, 0.3) is 0 Å². The summed E-state index contributed by atoms with van der Waals surface area (Å²) >= 11 is 5.41. The zero-order valence-corrected chi connectivity index (χ0v) is 7.40. The Morgan fingerprint density at radius 3 is 2.83 bits per heavy atom. The Morgan fingerprint density at radius 2 is 2.42 bits per heavy atom. The van der Waals surface area contributed by atoms with Gasteiger partial charge in [-0.05, 0) is 0 Å². The molecule has 0 aromatic heterocycles. The molecule has 1 amide bonds. The van der Waals surface area contributed by atoms with Crippen molar-refractivity contribution in [3.05, 3.63) is 11.6 Å². The standard InChI is InChI=1S/C8H11ClN2O/c1-3-4-7(10)8(12)11-5-6(2)9/h1,7H,2,4-5,10H2,(H,11,12). The first-order chi connectivity index (χ1) is 5.57. The highest BCUT2D eigenvalue weighted by atomic mass is 35.5. The Morgan fingerprint density at radius 1 is 1.83 bits per heavy atom. The van der Waals surface area contributed by atoms with Gasteiger partial charge in [-0.2, -0.15) is 0 Å². The molecule has 0 saturated carbocycles. The Kier molecular flexibility index (Phi) is 5.18. The van der Waals surface area contributed by atoms with Gasteiger partial charge >= 0.3 is 0 Å². The predicted octanol–water partition coefficient (Wildman–Crippen LogP) is 0.206. The summed E-state index contributed by atoms with van der Waals surface area (Å²) in [5.41, 5.74) is 5.39. The van der Waals surface area contributed by atoms with E-state index in [0.717, 1.165) is 0 Å². The number of nitrogens with one attached hydrogen (secondary N) is 1. The van der Waals surface area contributed by atoms with Crippen molar-refractivity contribution in [2.24, 2.45) is 5.73 Å². The molecule has 66 valence electrons. The van der Waals surface area contributed by atoms with Crippen LogP contribution in [0.2, 0.25) is 0 Å². The van der Waals surface area contributed by atoms with Crippen molar-refractivity contribution in [2.75, 3.05) is 6.54 Å². The zero-order chi connectivity index (χ0) is 9.56. The monoisotopic (exact) mass is 186 g/mol. The van der Waals surface area contributed by atoms with Crippen molar-refractivity contribution in [3.8, 4) is 12.3 Å². The lowest BCUT2D eigenvalue weighted by Crippen LogP contribution is -2.40. The van der Waals surface area contributed by atoms with E-state index in [0.29, 0.717) is 5.03 Å². The van der Waals surface area contributed by atoms with Crippen molar-refractivity contribution >= 4 is 17.5 Å². The molecule has 0 aromatic rings. The first-order valence-corrected chi connectivity index (χ1v) is 3.75. The number of nitrogens with two attached hydrogens (primary N) is 1. The molecule has 0 radical (unpaired) electrons. The number of hydrogen-bond donors (Lipinski definition) is 2. The van der Waals surface area contributed by atoms with E-state index in [-0.39, 0.29) is 18.9 Å². The highest BCUT2D eigenvalue weighted by molar-refractivity contribution is 6.29. The normalized spacial score (nSPS) is 11.4. The highest BCUT2D eigenvalue weighted by Gasteiger charge is 2.10. The molecule has 0 saturated heterocycles. The lowest BCUT2D eigenvalue weighted by Gasteiger charge is -2.08. The van der Waals surface area contributed by atoms with Crippen LogP contribution < -0.4 is 11.1 Å². The molecule has 4 heteroatoms. The summed E-state index contributed by atoms with van der Waals surface area (Å²) < 4.78 is 0. The van der Waals surface area contributed by atoms with Gasteiger partial charge < -0.3 is 11.1 Å². The number of amides is 1. The zero-order valence-electron chi connectivity index (χ0n) is 6.64. The molecule has 0 bridgehead atoms. The molecule has 1 atom stereocenters. The Hall–Kier alpha value is -0.980. The highest BCUT2D eigenvalue weighted by Crippen LogP contribution is 1.93. The van der Waals surface area contributed by atoms with Gasteiger partial charge in [-0.25, -0.2) is 0 Å². The Balaban J connectivity index is 3.73. The van der Waals surface area contributed by atoms with E-state index in [9.17, 15) is 4.79 Å². The molecule has 0 rings (SSSR count). The van der Waals surface area contributed by atoms with Crippen LogP contribution >= 0.6 is 11.6 Å². The molecule has 0 aromatic carbocycles. The molecular weight excluding hydrogens is 176 g/mol. The molecule has 0 spiro atoms. The van der Waals surface area contributed by atoms with Gasteiger partial charge in [-0.15, -0.1) is 12.3 Å². The minimum Gasteiger partial charge on any atom is -0.350 e. The van der Waals surface area contributed by atoms with Crippen molar-refractivity contribution < 1.29 is 4.79 Å². The van der Waals surface area contributed by atoms with Crippen LogP contribution in [0, 0.1) is 12.3 Å². The van der Waals surface area contributed by atoms with Gasteiger partial charge in [0.25, 0.3) is 0 Å². The maximum absolute atomic E-state index is 11.0. The smallest absolute Gasteiger partial charge is 0.238 e. The molecule has 3 nitrogen and oxygen atoms in total. The van der Waals surface area contributed by atoms with Gasteiger partial charge in [0.15, 0.2) is 0 Å². The molecule has 0 aliphatic rings. The first kappa shape index (κ1) is 11.0. The van der Waals surface area contributed by atoms with Gasteiger partial charge in [0.05, 0.1) is 12.6 Å². The molecule has 0 fully saturated rings. The summed E-state index contributed by atoms with van der Waals surface area (Å²) in [7, 11) is 0. The lowest BCUT2D eigenvalue weighted by molar-refractivity contribution is -0.122. The maximum atomic E-state index is 11.0. The van der Waals surface area contributed by atoms with Crippen LogP contribution in [-0.2, 0) is 4.79 Å². The second-order valence-electron chi connectivity index (χ2n) is 2.25. The molecule has 12 heavy (non-hydrogen) atoms. The SMILES string of the molecule is C#CCC(N)C(=O)NCC(=C)Cl. The third kappa shape index (κ3) is 4.78. The van der Waals surface area contributed by atoms with Crippen LogP contribution in [-0.4, -0.2) is 18.5 Å². The topological polar surface area (TPSA) is 55.1 Å². The van der Waals surface area contributed by atoms with Crippen LogP contribution in [0.5, 0.6) is 0 Å². The van der Waals surface area contributed by atoms with E-state index < -0.39 is 6.04 Å². The van der Waals surface area contributed by atoms with Crippen molar-refractivity contribution in [1.29, 1.82) is 0 Å². The Labute approximate surface area is 77.0 Å². The fourth-order valence-electron chi connectivity index (χ4n) is 0.534. The minimum atomic E-state index is -0.661. The van der Waals surface area contributed by atoms with E-state index in [1.807, 2.05) is 0 Å². The molecule has 0 aliphatic carbocycles. The number of hydrogen-bond acceptors (Lipinski definition) is 2. The van der Waals surface area contributed by atoms with E-state index in [1.165, 1.54) is 0 Å². The number of halogens is 1. The fraction of sp³-hybridized carbons (Fsp3) is 0.375. The predicted molar refractivity (Wildman–Crippen MR) is 49.4 cm³/mol. The molecular formula is C8H11ClN2O. The van der Waals surface area contributed by atoms with Gasteiger partial charge in [0.2, 0.25) is 5.91 Å². The number of carbonyl (C=O) groups is 1. The summed E-state index contributed by atoms with van der Waals surface area (Å²) in [6, 6.07) is -0.661. The first-order valence-electron chi connectivity index (χ1n) is 3.38. The molecule has 1 unspecified atom stereocenters. The average Bonchev–Trinajstić information content (AvgIpc) is 2.00. The number of rotatable bonds is 4. The molecule has 0 heterocycles. The van der Waals surface area contributed by atoms with Gasteiger partial charge in [0, 0.05) is 11.5 Å². The molecule has 3 N–H and O–H groups in total. The summed E-state index contributed by atoms with van der Waals surface area (Å²) in [5, 5.41) is 2.83. The summed E-state index contributed by atoms with van der Waals surface area (Å²) in [5.74, 6) is 1.98. The van der Waals surface area contributed by atoms with E-state index in [1.54, 1.807) is 0 Å². The van der Waals surface area contributed by atoms with Crippen LogP contribution in [0.1, 0.15) is 6.42 Å². The second kappa shape index (κ2) is 5.64. The Bertz CT molecular complexity index is 220. The third-order valence-corrected chi connectivity index (χ3v) is 1.26. The van der Waals surface area contributed by atoms with Crippen molar-refractivity contribution in [3.63, 3.8) is 0 Å². The number of carbonyl (C=O) groups excluding carboxylic acids is 1. The van der Waals surface area contributed by atoms with Gasteiger partial charge in [0.1, 0.15) is 0 Å². The second-order valence-corrected chi connectivity index (χ2v) is 2.78. The van der Waals surface area contributed by atoms with E-state index in [4.69, 9.17) is 23.8 Å². The minimum absolute atomic E-state index is 0.221. The van der Waals surface area contributed by atoms with E-state index >= 15 is 0 Å². The van der Waals surface area contributed by atoms with Crippen LogP contribution in [0.15, 0.2) is 11.6 Å². The van der Waals surface area contributed by atoms with Gasteiger partial charge in [-0.3, -0.25) is 4.79 Å². The maximum Gasteiger partial charge on any atom is 0.238 e. The van der Waals surface area contributed by atoms with Crippen molar-refractivity contribution in [1.82, 2.24) is 5.32 Å². The summed E-state index contributed by atoms with van der Waals surface area (Å²) in [6.07, 6.45) is 5.19. The largest absolute Gasteiger partial charge is 0.350 e. The quantitative estimate of drug-likeness (QED) is 0.617. The van der Waals surface area contributed by atoms with Crippen LogP contribution in [0.4, 0.5) is 0 Å².